The number of carboxylic acid groups (broad SMARTS) is 1. The van der Waals surface area contributed by atoms with Crippen molar-refractivity contribution in [2.45, 2.75) is 31.7 Å². The number of nitrogens with one attached hydrogen (secondary N) is 1. The number of carbonyl (C=O) groups excluding carboxylic acids is 1. The molecular weight excluding hydrogens is 260 g/mol. The van der Waals surface area contributed by atoms with Crippen LogP contribution >= 0.6 is 0 Å². The van der Waals surface area contributed by atoms with E-state index in [1.165, 1.54) is 12.3 Å². The summed E-state index contributed by atoms with van der Waals surface area (Å²) in [7, 11) is 0. The monoisotopic (exact) mass is 276 g/mol. The molecule has 1 aromatic heterocycles. The number of amides is 1. The Morgan fingerprint density at radius 3 is 2.85 bits per heavy atom. The first-order chi connectivity index (χ1) is 9.56. The summed E-state index contributed by atoms with van der Waals surface area (Å²) in [6.45, 7) is 0.261. The molecule has 1 fully saturated rings. The van der Waals surface area contributed by atoms with E-state index in [4.69, 9.17) is 5.11 Å². The molecule has 0 radical (unpaired) electrons. The smallest absolute Gasteiger partial charge is 0.308 e. The summed E-state index contributed by atoms with van der Waals surface area (Å²) in [4.78, 5) is 39.2. The Labute approximate surface area is 115 Å². The van der Waals surface area contributed by atoms with Crippen LogP contribution in [0.1, 0.15) is 35.2 Å². The van der Waals surface area contributed by atoms with Crippen LogP contribution in [0.4, 0.5) is 0 Å². The second-order valence-corrected chi connectivity index (χ2v) is 5.50. The molecule has 0 aromatic carbocycles. The molecule has 3 heterocycles. The average molecular weight is 276 g/mol. The van der Waals surface area contributed by atoms with Crippen LogP contribution in [0.15, 0.2) is 17.1 Å². The molecule has 6 heteroatoms. The zero-order chi connectivity index (χ0) is 14.3. The second-order valence-electron chi connectivity index (χ2n) is 5.50. The van der Waals surface area contributed by atoms with Crippen molar-refractivity contribution in [3.63, 3.8) is 0 Å². The van der Waals surface area contributed by atoms with Crippen molar-refractivity contribution in [3.05, 3.63) is 33.7 Å². The van der Waals surface area contributed by atoms with Gasteiger partial charge in [0, 0.05) is 24.8 Å². The number of hydrogen-bond acceptors (Lipinski definition) is 3. The molecule has 0 saturated carbocycles. The highest BCUT2D eigenvalue weighted by Gasteiger charge is 2.37. The van der Waals surface area contributed by atoms with E-state index < -0.39 is 11.9 Å². The molecular formula is C14H16N2O4. The van der Waals surface area contributed by atoms with Crippen LogP contribution < -0.4 is 5.56 Å². The lowest BCUT2D eigenvalue weighted by Crippen LogP contribution is -2.48. The number of nitrogens with zero attached hydrogens (tertiary/aromatic N) is 1. The van der Waals surface area contributed by atoms with Crippen LogP contribution in [0, 0.1) is 5.92 Å². The van der Waals surface area contributed by atoms with Gasteiger partial charge in [0.15, 0.2) is 0 Å². The van der Waals surface area contributed by atoms with Crippen molar-refractivity contribution in [1.82, 2.24) is 9.88 Å². The van der Waals surface area contributed by atoms with Gasteiger partial charge in [-0.1, -0.05) is 0 Å². The van der Waals surface area contributed by atoms with Gasteiger partial charge in [-0.15, -0.1) is 0 Å². The van der Waals surface area contributed by atoms with Crippen molar-refractivity contribution in [3.8, 4) is 0 Å². The third-order valence-corrected chi connectivity index (χ3v) is 4.30. The van der Waals surface area contributed by atoms with Crippen molar-refractivity contribution >= 4 is 11.9 Å². The van der Waals surface area contributed by atoms with E-state index in [1.807, 2.05) is 0 Å². The molecule has 0 unspecified atom stereocenters. The number of hydrogen-bond donors (Lipinski definition) is 2. The summed E-state index contributed by atoms with van der Waals surface area (Å²) in [6.07, 6.45) is 4.24. The van der Waals surface area contributed by atoms with Crippen molar-refractivity contribution in [2.24, 2.45) is 5.92 Å². The SMILES string of the molecule is O=C(O)[C@@H]1CC[C@H]2CCc3cc(=O)[nH]cc3C(=O)N2C1. The van der Waals surface area contributed by atoms with Gasteiger partial charge in [0.25, 0.3) is 5.91 Å². The lowest BCUT2D eigenvalue weighted by Gasteiger charge is -2.37. The Kier molecular flexibility index (Phi) is 3.08. The van der Waals surface area contributed by atoms with E-state index >= 15 is 0 Å². The van der Waals surface area contributed by atoms with Gasteiger partial charge in [-0.25, -0.2) is 0 Å². The molecule has 1 aromatic rings. The number of aromatic nitrogens is 1. The number of aliphatic carboxylic acids is 1. The standard InChI is InChI=1S/C14H16N2O4/c17-12-5-8-1-3-10-4-2-9(14(19)20)7-16(10)13(18)11(8)6-15-12/h5-6,9-10H,1-4,7H2,(H,15,17)(H,19,20)/t9-,10-/m1/s1. The highest BCUT2D eigenvalue weighted by molar-refractivity contribution is 5.96. The first-order valence-corrected chi connectivity index (χ1v) is 6.81. The molecule has 2 aliphatic heterocycles. The van der Waals surface area contributed by atoms with E-state index in [-0.39, 0.29) is 24.1 Å². The van der Waals surface area contributed by atoms with E-state index in [1.54, 1.807) is 4.90 Å². The maximum atomic E-state index is 12.6. The number of aromatic amines is 1. The quantitative estimate of drug-likeness (QED) is 0.787. The molecule has 0 aliphatic carbocycles. The third-order valence-electron chi connectivity index (χ3n) is 4.30. The summed E-state index contributed by atoms with van der Waals surface area (Å²) >= 11 is 0. The molecule has 2 atom stereocenters. The molecule has 2 N–H and O–H groups in total. The fourth-order valence-corrected chi connectivity index (χ4v) is 3.17. The third kappa shape index (κ3) is 2.11. The van der Waals surface area contributed by atoms with Crippen LogP contribution in [-0.4, -0.2) is 39.5 Å². The van der Waals surface area contributed by atoms with Crippen LogP contribution in [-0.2, 0) is 11.2 Å². The van der Waals surface area contributed by atoms with E-state index in [0.29, 0.717) is 24.8 Å². The highest BCUT2D eigenvalue weighted by atomic mass is 16.4. The predicted molar refractivity (Wildman–Crippen MR) is 70.6 cm³/mol. The van der Waals surface area contributed by atoms with Gasteiger partial charge in [-0.3, -0.25) is 14.4 Å². The summed E-state index contributed by atoms with van der Waals surface area (Å²) in [5.74, 6) is -1.49. The molecule has 6 nitrogen and oxygen atoms in total. The summed E-state index contributed by atoms with van der Waals surface area (Å²) in [6, 6.07) is 1.56. The first kappa shape index (κ1) is 12.9. The first-order valence-electron chi connectivity index (χ1n) is 6.81. The molecule has 20 heavy (non-hydrogen) atoms. The highest BCUT2D eigenvalue weighted by Crippen LogP contribution is 2.30. The van der Waals surface area contributed by atoms with Crippen LogP contribution in [0.3, 0.4) is 0 Å². The maximum Gasteiger partial charge on any atom is 0.308 e. The number of rotatable bonds is 1. The molecule has 0 bridgehead atoms. The topological polar surface area (TPSA) is 90.5 Å². The van der Waals surface area contributed by atoms with Crippen molar-refractivity contribution < 1.29 is 14.7 Å². The number of carbonyl (C=O) groups is 2. The fraction of sp³-hybridized carbons (Fsp3) is 0.500. The zero-order valence-electron chi connectivity index (χ0n) is 11.0. The lowest BCUT2D eigenvalue weighted by molar-refractivity contribution is -0.143. The van der Waals surface area contributed by atoms with Crippen molar-refractivity contribution in [1.29, 1.82) is 0 Å². The van der Waals surface area contributed by atoms with Crippen LogP contribution in [0.5, 0.6) is 0 Å². The van der Waals surface area contributed by atoms with Gasteiger partial charge < -0.3 is 15.0 Å². The summed E-state index contributed by atoms with van der Waals surface area (Å²) in [5.41, 5.74) is 1.05. The second kappa shape index (κ2) is 4.77. The van der Waals surface area contributed by atoms with Crippen LogP contribution in [0.2, 0.25) is 0 Å². The fourth-order valence-electron chi connectivity index (χ4n) is 3.17. The van der Waals surface area contributed by atoms with Gasteiger partial charge >= 0.3 is 5.97 Å². The van der Waals surface area contributed by atoms with Crippen LogP contribution in [0.25, 0.3) is 0 Å². The van der Waals surface area contributed by atoms with Crippen molar-refractivity contribution in [2.75, 3.05) is 6.54 Å². The Morgan fingerprint density at radius 1 is 1.30 bits per heavy atom. The number of carboxylic acids is 1. The molecule has 1 saturated heterocycles. The minimum atomic E-state index is -0.845. The van der Waals surface area contributed by atoms with E-state index in [2.05, 4.69) is 4.98 Å². The number of H-pyrrole nitrogens is 1. The maximum absolute atomic E-state index is 12.6. The van der Waals surface area contributed by atoms with E-state index in [0.717, 1.165) is 12.0 Å². The number of pyridine rings is 1. The Bertz CT molecular complexity index is 622. The molecule has 0 spiro atoms. The average Bonchev–Trinajstić information content (AvgIpc) is 2.56. The largest absolute Gasteiger partial charge is 0.481 e. The zero-order valence-corrected chi connectivity index (χ0v) is 11.0. The van der Waals surface area contributed by atoms with E-state index in [9.17, 15) is 14.4 Å². The van der Waals surface area contributed by atoms with Gasteiger partial charge in [-0.05, 0) is 31.2 Å². The Morgan fingerprint density at radius 2 is 2.10 bits per heavy atom. The number of fused-ring (bicyclic) bond motifs is 2. The lowest BCUT2D eigenvalue weighted by atomic mass is 9.91. The Hall–Kier alpha value is -2.11. The normalized spacial score (nSPS) is 25.6. The van der Waals surface area contributed by atoms with Gasteiger partial charge in [-0.2, -0.15) is 0 Å². The number of piperidine rings is 1. The molecule has 2 aliphatic rings. The molecule has 3 rings (SSSR count). The minimum Gasteiger partial charge on any atom is -0.481 e. The minimum absolute atomic E-state index is 0.0839. The summed E-state index contributed by atoms with van der Waals surface area (Å²) in [5, 5.41) is 9.13. The Balaban J connectivity index is 1.95. The molecule has 106 valence electrons. The predicted octanol–water partition coefficient (Wildman–Crippen LogP) is 0.627. The number of aryl methyl sites for hydroxylation is 1. The summed E-state index contributed by atoms with van der Waals surface area (Å²) < 4.78 is 0. The molecule has 1 amide bonds. The van der Waals surface area contributed by atoms with Gasteiger partial charge in [0.1, 0.15) is 0 Å². The van der Waals surface area contributed by atoms with Gasteiger partial charge in [0.2, 0.25) is 5.56 Å². The van der Waals surface area contributed by atoms with Gasteiger partial charge in [0.05, 0.1) is 11.5 Å².